The lowest BCUT2D eigenvalue weighted by molar-refractivity contribution is 0.0481. The number of aromatic nitrogens is 1. The molecule has 0 spiro atoms. The molecule has 5 nitrogen and oxygen atoms in total. The second-order valence-corrected chi connectivity index (χ2v) is 11.9. The molecule has 1 atom stereocenters. The Morgan fingerprint density at radius 3 is 1.98 bits per heavy atom. The van der Waals surface area contributed by atoms with Gasteiger partial charge in [0.15, 0.2) is 0 Å². The standard InChI is InChI=1S/C31H42FN5S.4ClH/c1-25(2)36-19-21-37(22-20-36)29(26-10-12-28(32)13-11-26)23-35-17-15-34(16-18-35)14-6-9-30-31(33-24-38-30)27-7-4-3-5-8-27;;;;/h3-5,7-8,10-13,24-25,29H,6,9,14-23H2,1-2H3;4*1H. The number of rotatable bonds is 10. The van der Waals surface area contributed by atoms with Gasteiger partial charge in [0.05, 0.1) is 11.2 Å². The number of hydrogen-bond donors (Lipinski definition) is 0. The van der Waals surface area contributed by atoms with Crippen molar-refractivity contribution in [2.45, 2.75) is 38.8 Å². The minimum absolute atomic E-state index is 0. The highest BCUT2D eigenvalue weighted by Gasteiger charge is 2.29. The summed E-state index contributed by atoms with van der Waals surface area (Å²) in [4.78, 5) is 16.5. The van der Waals surface area contributed by atoms with Crippen molar-refractivity contribution in [2.75, 3.05) is 65.4 Å². The third kappa shape index (κ3) is 10.6. The van der Waals surface area contributed by atoms with E-state index in [2.05, 4.69) is 68.8 Å². The highest BCUT2D eigenvalue weighted by atomic mass is 35.5. The molecule has 11 heteroatoms. The van der Waals surface area contributed by atoms with Crippen LogP contribution < -0.4 is 0 Å². The maximum Gasteiger partial charge on any atom is 0.123 e. The Kier molecular flexibility index (Phi) is 18.0. The van der Waals surface area contributed by atoms with Crippen LogP contribution in [0.4, 0.5) is 4.39 Å². The van der Waals surface area contributed by atoms with Gasteiger partial charge in [-0.05, 0) is 50.9 Å². The maximum absolute atomic E-state index is 13.7. The van der Waals surface area contributed by atoms with E-state index in [0.29, 0.717) is 12.1 Å². The van der Waals surface area contributed by atoms with Crippen molar-refractivity contribution in [3.63, 3.8) is 0 Å². The van der Waals surface area contributed by atoms with Crippen molar-refractivity contribution in [1.82, 2.24) is 24.6 Å². The Bertz CT molecular complexity index is 1120. The first-order chi connectivity index (χ1) is 18.6. The maximum atomic E-state index is 13.7. The van der Waals surface area contributed by atoms with Crippen LogP contribution in [0.1, 0.15) is 36.8 Å². The zero-order chi connectivity index (χ0) is 26.3. The first-order valence-corrected chi connectivity index (χ1v) is 15.1. The van der Waals surface area contributed by atoms with Gasteiger partial charge in [-0.3, -0.25) is 14.7 Å². The number of hydrogen-bond acceptors (Lipinski definition) is 6. The van der Waals surface area contributed by atoms with E-state index in [1.165, 1.54) is 22.4 Å². The topological polar surface area (TPSA) is 25.9 Å². The summed E-state index contributed by atoms with van der Waals surface area (Å²) < 4.78 is 13.7. The molecule has 0 radical (unpaired) electrons. The molecule has 0 saturated carbocycles. The van der Waals surface area contributed by atoms with Crippen LogP contribution in [0.15, 0.2) is 60.1 Å². The minimum atomic E-state index is -0.153. The largest absolute Gasteiger partial charge is 0.301 e. The molecule has 2 aliphatic rings. The number of nitrogens with zero attached hydrogens (tertiary/aromatic N) is 5. The molecule has 0 N–H and O–H groups in total. The summed E-state index contributed by atoms with van der Waals surface area (Å²) in [6.45, 7) is 15.5. The van der Waals surface area contributed by atoms with Crippen molar-refractivity contribution >= 4 is 61.0 Å². The summed E-state index contributed by atoms with van der Waals surface area (Å²) in [7, 11) is 0. The van der Waals surface area contributed by atoms with Gasteiger partial charge >= 0.3 is 0 Å². The van der Waals surface area contributed by atoms with Gasteiger partial charge in [-0.1, -0.05) is 42.5 Å². The average Bonchev–Trinajstić information content (AvgIpc) is 3.42. The van der Waals surface area contributed by atoms with E-state index >= 15 is 0 Å². The molecule has 2 fully saturated rings. The van der Waals surface area contributed by atoms with E-state index in [-0.39, 0.29) is 55.4 Å². The van der Waals surface area contributed by atoms with Crippen molar-refractivity contribution in [3.8, 4) is 11.3 Å². The van der Waals surface area contributed by atoms with Gasteiger partial charge in [0.1, 0.15) is 5.82 Å². The van der Waals surface area contributed by atoms with E-state index in [1.807, 2.05) is 17.6 Å². The van der Waals surface area contributed by atoms with Crippen LogP contribution in [-0.2, 0) is 6.42 Å². The van der Waals surface area contributed by atoms with Crippen LogP contribution in [0.5, 0.6) is 0 Å². The van der Waals surface area contributed by atoms with Gasteiger partial charge in [-0.15, -0.1) is 61.0 Å². The van der Waals surface area contributed by atoms with Crippen molar-refractivity contribution in [2.24, 2.45) is 0 Å². The summed E-state index contributed by atoms with van der Waals surface area (Å²) >= 11 is 1.78. The number of benzene rings is 2. The highest BCUT2D eigenvalue weighted by molar-refractivity contribution is 7.10. The van der Waals surface area contributed by atoms with Gasteiger partial charge in [-0.25, -0.2) is 9.37 Å². The molecule has 0 aliphatic carbocycles. The first-order valence-electron chi connectivity index (χ1n) is 14.2. The lowest BCUT2D eigenvalue weighted by Crippen LogP contribution is -2.53. The van der Waals surface area contributed by atoms with E-state index in [1.54, 1.807) is 23.5 Å². The zero-order valence-corrected chi connectivity index (χ0v) is 28.7. The average molecular weight is 682 g/mol. The number of halogens is 5. The van der Waals surface area contributed by atoms with Gasteiger partial charge in [-0.2, -0.15) is 0 Å². The predicted octanol–water partition coefficient (Wildman–Crippen LogP) is 6.95. The molecule has 1 unspecified atom stereocenters. The minimum Gasteiger partial charge on any atom is -0.301 e. The third-order valence-electron chi connectivity index (χ3n) is 8.24. The summed E-state index contributed by atoms with van der Waals surface area (Å²) in [6.07, 6.45) is 2.25. The molecule has 2 aromatic carbocycles. The molecule has 0 amide bonds. The van der Waals surface area contributed by atoms with Crippen LogP contribution in [0.3, 0.4) is 0 Å². The normalized spacial score (nSPS) is 17.4. The van der Waals surface area contributed by atoms with Crippen molar-refractivity contribution in [3.05, 3.63) is 76.4 Å². The molecule has 5 rings (SSSR count). The van der Waals surface area contributed by atoms with Gasteiger partial charge in [0.25, 0.3) is 0 Å². The van der Waals surface area contributed by atoms with Gasteiger partial charge in [0, 0.05) is 81.4 Å². The third-order valence-corrected chi connectivity index (χ3v) is 9.13. The van der Waals surface area contributed by atoms with Crippen LogP contribution in [0.2, 0.25) is 0 Å². The molecule has 2 aliphatic heterocycles. The SMILES string of the molecule is CC(C)N1CCN(C(CN2CCN(CCCc3scnc3-c3ccccc3)CC2)c2ccc(F)cc2)CC1.Cl.Cl.Cl.Cl. The monoisotopic (exact) mass is 679 g/mol. The fourth-order valence-corrected chi connectivity index (χ4v) is 6.69. The van der Waals surface area contributed by atoms with E-state index in [4.69, 9.17) is 0 Å². The Morgan fingerprint density at radius 2 is 1.36 bits per heavy atom. The van der Waals surface area contributed by atoms with Gasteiger partial charge < -0.3 is 4.90 Å². The Balaban J connectivity index is 0.00000220. The summed E-state index contributed by atoms with van der Waals surface area (Å²) in [6, 6.07) is 18.7. The molecule has 1 aromatic heterocycles. The molecule has 236 valence electrons. The van der Waals surface area contributed by atoms with Crippen LogP contribution in [-0.4, -0.2) is 96.1 Å². The summed E-state index contributed by atoms with van der Waals surface area (Å²) in [5.74, 6) is -0.153. The second kappa shape index (κ2) is 19.4. The lowest BCUT2D eigenvalue weighted by atomic mass is 10.0. The smallest absolute Gasteiger partial charge is 0.123 e. The predicted molar refractivity (Wildman–Crippen MR) is 185 cm³/mol. The van der Waals surface area contributed by atoms with Crippen LogP contribution in [0.25, 0.3) is 11.3 Å². The summed E-state index contributed by atoms with van der Waals surface area (Å²) in [5, 5.41) is 0. The molecule has 2 saturated heterocycles. The van der Waals surface area contributed by atoms with E-state index < -0.39 is 0 Å². The molecular formula is C31H46Cl4FN5S. The van der Waals surface area contributed by atoms with Crippen LogP contribution >= 0.6 is 61.0 Å². The summed E-state index contributed by atoms with van der Waals surface area (Å²) in [5.41, 5.74) is 5.60. The van der Waals surface area contributed by atoms with Crippen LogP contribution in [0, 0.1) is 5.82 Å². The second-order valence-electron chi connectivity index (χ2n) is 11.0. The molecule has 3 heterocycles. The Morgan fingerprint density at radius 1 is 0.762 bits per heavy atom. The van der Waals surface area contributed by atoms with Gasteiger partial charge in [0.2, 0.25) is 0 Å². The van der Waals surface area contributed by atoms with Crippen molar-refractivity contribution in [1.29, 1.82) is 0 Å². The number of piperazine rings is 2. The molecule has 3 aromatic rings. The Hall–Kier alpha value is -1.000. The number of aryl methyl sites for hydroxylation is 1. The fraction of sp³-hybridized carbons (Fsp3) is 0.516. The quantitative estimate of drug-likeness (QED) is 0.231. The van der Waals surface area contributed by atoms with E-state index in [9.17, 15) is 4.39 Å². The number of thiazole rings is 1. The highest BCUT2D eigenvalue weighted by Crippen LogP contribution is 2.27. The fourth-order valence-electron chi connectivity index (χ4n) is 5.86. The molecule has 0 bridgehead atoms. The molecule has 42 heavy (non-hydrogen) atoms. The molecular weight excluding hydrogens is 635 g/mol. The Labute approximate surface area is 280 Å². The zero-order valence-electron chi connectivity index (χ0n) is 24.6. The van der Waals surface area contributed by atoms with Crippen molar-refractivity contribution < 1.29 is 4.39 Å². The lowest BCUT2D eigenvalue weighted by Gasteiger charge is -2.43. The first kappa shape index (κ1) is 39.0. The van der Waals surface area contributed by atoms with E-state index in [0.717, 1.165) is 77.6 Å².